The second kappa shape index (κ2) is 8.73. The number of amides is 2. The molecule has 2 amide bonds. The second-order valence-corrected chi connectivity index (χ2v) is 9.18. The number of carbonyl (C=O) groups excluding carboxylic acids is 2. The molecular formula is C24H22N2O4S. The fourth-order valence-electron chi connectivity index (χ4n) is 3.61. The third kappa shape index (κ3) is 4.36. The van der Waals surface area contributed by atoms with E-state index >= 15 is 0 Å². The van der Waals surface area contributed by atoms with Crippen LogP contribution in [0.4, 0.5) is 0 Å². The van der Waals surface area contributed by atoms with E-state index in [4.69, 9.17) is 0 Å². The highest BCUT2D eigenvalue weighted by Gasteiger charge is 2.42. The summed E-state index contributed by atoms with van der Waals surface area (Å²) in [4.78, 5) is 27.4. The molecule has 1 aliphatic rings. The Bertz CT molecular complexity index is 1190. The average Bonchev–Trinajstić information content (AvgIpc) is 2.99. The van der Waals surface area contributed by atoms with Crippen LogP contribution in [0.15, 0.2) is 89.8 Å². The van der Waals surface area contributed by atoms with Crippen molar-refractivity contribution in [3.05, 3.63) is 102 Å². The molecule has 0 bridgehead atoms. The Morgan fingerprint density at radius 3 is 2.03 bits per heavy atom. The van der Waals surface area contributed by atoms with E-state index in [1.165, 1.54) is 12.1 Å². The van der Waals surface area contributed by atoms with Crippen molar-refractivity contribution in [1.29, 1.82) is 0 Å². The topological polar surface area (TPSA) is 74.8 Å². The van der Waals surface area contributed by atoms with E-state index in [1.54, 1.807) is 17.0 Å². The van der Waals surface area contributed by atoms with Crippen molar-refractivity contribution in [3.8, 4) is 0 Å². The fourth-order valence-corrected chi connectivity index (χ4v) is 5.13. The number of nitrogens with zero attached hydrogens (tertiary/aromatic N) is 2. The third-order valence-electron chi connectivity index (χ3n) is 5.27. The smallest absolute Gasteiger partial charge is 0.269 e. The maximum atomic E-state index is 13.2. The van der Waals surface area contributed by atoms with Gasteiger partial charge in [0.1, 0.15) is 11.4 Å². The Balaban J connectivity index is 1.55. The summed E-state index contributed by atoms with van der Waals surface area (Å²) in [6.07, 6.45) is 0.625. The lowest BCUT2D eigenvalue weighted by Crippen LogP contribution is -2.43. The first-order valence-electron chi connectivity index (χ1n) is 9.98. The molecule has 158 valence electrons. The van der Waals surface area contributed by atoms with Crippen LogP contribution in [-0.4, -0.2) is 42.5 Å². The van der Waals surface area contributed by atoms with Gasteiger partial charge in [-0.2, -0.15) is 0 Å². The Kier molecular flexibility index (Phi) is 5.86. The molecule has 6 nitrogen and oxygen atoms in total. The summed E-state index contributed by atoms with van der Waals surface area (Å²) in [5.41, 5.74) is 2.11. The maximum Gasteiger partial charge on any atom is 0.269 e. The number of benzene rings is 3. The van der Waals surface area contributed by atoms with E-state index in [9.17, 15) is 18.0 Å². The van der Waals surface area contributed by atoms with E-state index < -0.39 is 28.4 Å². The van der Waals surface area contributed by atoms with Crippen molar-refractivity contribution in [2.75, 3.05) is 13.1 Å². The fraction of sp³-hybridized carbons (Fsp3) is 0.167. The molecule has 7 heteroatoms. The highest BCUT2D eigenvalue weighted by Crippen LogP contribution is 2.29. The molecule has 0 unspecified atom stereocenters. The quantitative estimate of drug-likeness (QED) is 0.573. The number of hydrogen-bond donors (Lipinski definition) is 0. The van der Waals surface area contributed by atoms with E-state index in [0.29, 0.717) is 23.8 Å². The van der Waals surface area contributed by atoms with Crippen LogP contribution in [0.3, 0.4) is 0 Å². The van der Waals surface area contributed by atoms with Gasteiger partial charge in [0.05, 0.1) is 5.56 Å². The van der Waals surface area contributed by atoms with Gasteiger partial charge >= 0.3 is 0 Å². The van der Waals surface area contributed by atoms with Gasteiger partial charge in [0, 0.05) is 13.1 Å². The van der Waals surface area contributed by atoms with Crippen LogP contribution in [0.1, 0.15) is 21.5 Å². The van der Waals surface area contributed by atoms with Crippen LogP contribution in [0.5, 0.6) is 0 Å². The Hall–Kier alpha value is -3.45. The monoisotopic (exact) mass is 434 g/mol. The Labute approximate surface area is 181 Å². The zero-order chi connectivity index (χ0) is 21.8. The van der Waals surface area contributed by atoms with E-state index in [-0.39, 0.29) is 10.5 Å². The predicted octanol–water partition coefficient (Wildman–Crippen LogP) is 3.10. The minimum Gasteiger partial charge on any atom is -0.336 e. The molecule has 0 saturated carbocycles. The summed E-state index contributed by atoms with van der Waals surface area (Å²) in [5.74, 6) is -1.07. The number of sulfonamides is 1. The van der Waals surface area contributed by atoms with Crippen molar-refractivity contribution >= 4 is 21.8 Å². The van der Waals surface area contributed by atoms with Gasteiger partial charge in [-0.3, -0.25) is 9.59 Å². The molecule has 31 heavy (non-hydrogen) atoms. The summed E-state index contributed by atoms with van der Waals surface area (Å²) in [5, 5.41) is 0. The van der Waals surface area contributed by atoms with Crippen molar-refractivity contribution < 1.29 is 18.0 Å². The molecule has 1 aliphatic heterocycles. The molecular weight excluding hydrogens is 412 g/mol. The van der Waals surface area contributed by atoms with Crippen LogP contribution in [0.2, 0.25) is 0 Å². The summed E-state index contributed by atoms with van der Waals surface area (Å²) in [7, 11) is -4.03. The molecule has 0 fully saturated rings. The molecule has 0 N–H and O–H groups in total. The lowest BCUT2D eigenvalue weighted by Gasteiger charge is -2.25. The van der Waals surface area contributed by atoms with Crippen molar-refractivity contribution in [3.63, 3.8) is 0 Å². The highest BCUT2D eigenvalue weighted by molar-refractivity contribution is 7.90. The first-order chi connectivity index (χ1) is 15.0. The summed E-state index contributed by atoms with van der Waals surface area (Å²) in [6.45, 7) is 0.228. The Morgan fingerprint density at radius 2 is 1.39 bits per heavy atom. The molecule has 0 atom stereocenters. The van der Waals surface area contributed by atoms with Crippen LogP contribution < -0.4 is 0 Å². The first-order valence-corrected chi connectivity index (χ1v) is 11.4. The van der Waals surface area contributed by atoms with Gasteiger partial charge in [-0.15, -0.1) is 0 Å². The standard InChI is InChI=1S/C24H22N2O4S/c27-23(18-26-24(28)21-13-7-8-14-22(21)31(26,29)30)25(17-20-11-5-2-6-12-20)16-15-19-9-3-1-4-10-19/h1-14H,15-18H2. The van der Waals surface area contributed by atoms with Crippen LogP contribution in [0.25, 0.3) is 0 Å². The molecule has 0 saturated heterocycles. The average molecular weight is 435 g/mol. The SMILES string of the molecule is O=C(CN1C(=O)c2ccccc2S1(=O)=O)N(CCc1ccccc1)Cc1ccccc1. The number of fused-ring (bicyclic) bond motifs is 1. The van der Waals surface area contributed by atoms with Crippen LogP contribution >= 0.6 is 0 Å². The minimum absolute atomic E-state index is 0.0494. The molecule has 4 rings (SSSR count). The molecule has 0 radical (unpaired) electrons. The molecule has 3 aromatic rings. The molecule has 0 aromatic heterocycles. The second-order valence-electron chi connectivity index (χ2n) is 7.35. The molecule has 0 spiro atoms. The van der Waals surface area contributed by atoms with E-state index in [0.717, 1.165) is 11.1 Å². The summed E-state index contributed by atoms with van der Waals surface area (Å²) in [6, 6.07) is 25.3. The van der Waals surface area contributed by atoms with Crippen molar-refractivity contribution in [1.82, 2.24) is 9.21 Å². The van der Waals surface area contributed by atoms with Crippen molar-refractivity contribution in [2.24, 2.45) is 0 Å². The summed E-state index contributed by atoms with van der Waals surface area (Å²) < 4.78 is 26.3. The minimum atomic E-state index is -4.03. The number of carbonyl (C=O) groups is 2. The maximum absolute atomic E-state index is 13.2. The summed E-state index contributed by atoms with van der Waals surface area (Å²) >= 11 is 0. The zero-order valence-corrected chi connectivity index (χ0v) is 17.7. The van der Waals surface area contributed by atoms with Gasteiger partial charge in [0.15, 0.2) is 0 Å². The van der Waals surface area contributed by atoms with E-state index in [1.807, 2.05) is 60.7 Å². The van der Waals surface area contributed by atoms with Gasteiger partial charge in [-0.05, 0) is 29.7 Å². The van der Waals surface area contributed by atoms with Gasteiger partial charge in [-0.1, -0.05) is 72.8 Å². The molecule has 1 heterocycles. The highest BCUT2D eigenvalue weighted by atomic mass is 32.2. The molecule has 0 aliphatic carbocycles. The first kappa shape index (κ1) is 20.8. The van der Waals surface area contributed by atoms with Gasteiger partial charge in [0.25, 0.3) is 15.9 Å². The van der Waals surface area contributed by atoms with Gasteiger partial charge in [-0.25, -0.2) is 12.7 Å². The number of rotatable bonds is 7. The predicted molar refractivity (Wildman–Crippen MR) is 117 cm³/mol. The third-order valence-corrected chi connectivity index (χ3v) is 7.06. The van der Waals surface area contributed by atoms with Gasteiger partial charge in [0.2, 0.25) is 5.91 Å². The van der Waals surface area contributed by atoms with Crippen molar-refractivity contribution in [2.45, 2.75) is 17.9 Å². The number of hydrogen-bond acceptors (Lipinski definition) is 4. The normalized spacial score (nSPS) is 14.3. The van der Waals surface area contributed by atoms with Crippen LogP contribution in [-0.2, 0) is 27.8 Å². The lowest BCUT2D eigenvalue weighted by atomic mass is 10.1. The van der Waals surface area contributed by atoms with E-state index in [2.05, 4.69) is 0 Å². The largest absolute Gasteiger partial charge is 0.336 e. The Morgan fingerprint density at radius 1 is 0.806 bits per heavy atom. The zero-order valence-electron chi connectivity index (χ0n) is 16.8. The lowest BCUT2D eigenvalue weighted by molar-refractivity contribution is -0.131. The van der Waals surface area contributed by atoms with Gasteiger partial charge < -0.3 is 4.90 Å². The molecule has 3 aromatic carbocycles. The van der Waals surface area contributed by atoms with Crippen LogP contribution in [0, 0.1) is 0 Å².